The summed E-state index contributed by atoms with van der Waals surface area (Å²) < 4.78 is 2.32. The largest absolute Gasteiger partial charge is 0.409 e. The Morgan fingerprint density at radius 3 is 2.89 bits per heavy atom. The van der Waals surface area contributed by atoms with Crippen LogP contribution < -0.4 is 11.3 Å². The van der Waals surface area contributed by atoms with Crippen LogP contribution in [0.15, 0.2) is 51.1 Å². The van der Waals surface area contributed by atoms with Crippen LogP contribution in [0, 0.1) is 0 Å². The van der Waals surface area contributed by atoms with Crippen LogP contribution in [0.2, 0.25) is 0 Å². The van der Waals surface area contributed by atoms with Gasteiger partial charge in [0, 0.05) is 16.9 Å². The lowest BCUT2D eigenvalue weighted by Crippen LogP contribution is -2.30. The molecule has 2 aromatic rings. The van der Waals surface area contributed by atoms with Gasteiger partial charge < -0.3 is 15.5 Å². The Morgan fingerprint density at radius 2 is 2.26 bits per heavy atom. The van der Waals surface area contributed by atoms with Gasteiger partial charge in [0.2, 0.25) is 0 Å². The second kappa shape index (κ2) is 5.66. The molecule has 0 fully saturated rings. The van der Waals surface area contributed by atoms with Crippen molar-refractivity contribution in [3.05, 3.63) is 62.7 Å². The minimum absolute atomic E-state index is 0.155. The second-order valence-corrected chi connectivity index (χ2v) is 4.72. The molecule has 0 aliphatic carbocycles. The monoisotopic (exact) mass is 322 g/mol. The third-order valence-corrected chi connectivity index (χ3v) is 2.99. The van der Waals surface area contributed by atoms with E-state index < -0.39 is 0 Å². The van der Waals surface area contributed by atoms with Gasteiger partial charge in [0.1, 0.15) is 0 Å². The molecule has 0 unspecified atom stereocenters. The maximum absolute atomic E-state index is 12.1. The number of oxime groups is 1. The molecule has 0 bridgehead atoms. The van der Waals surface area contributed by atoms with Crippen molar-refractivity contribution in [1.29, 1.82) is 0 Å². The average Bonchev–Trinajstić information content (AvgIpc) is 2.43. The van der Waals surface area contributed by atoms with Gasteiger partial charge in [0.15, 0.2) is 5.84 Å². The SMILES string of the molecule is N/C(=N/O)c1cccn(Cc2ccc(Br)cn2)c1=O. The van der Waals surface area contributed by atoms with Gasteiger partial charge in [-0.3, -0.25) is 9.78 Å². The van der Waals surface area contributed by atoms with Crippen molar-refractivity contribution in [2.75, 3.05) is 0 Å². The maximum atomic E-state index is 12.1. The second-order valence-electron chi connectivity index (χ2n) is 3.81. The standard InChI is InChI=1S/C12H11BrN4O2/c13-8-3-4-9(15-6-8)7-17-5-1-2-10(12(17)18)11(14)16-19/h1-6,19H,7H2,(H2,14,16). The van der Waals surface area contributed by atoms with E-state index in [2.05, 4.69) is 26.1 Å². The summed E-state index contributed by atoms with van der Waals surface area (Å²) in [4.78, 5) is 16.3. The highest BCUT2D eigenvalue weighted by atomic mass is 79.9. The van der Waals surface area contributed by atoms with E-state index >= 15 is 0 Å². The molecule has 0 spiro atoms. The third kappa shape index (κ3) is 3.00. The van der Waals surface area contributed by atoms with Gasteiger partial charge in [-0.1, -0.05) is 5.16 Å². The van der Waals surface area contributed by atoms with Crippen LogP contribution in [-0.2, 0) is 6.54 Å². The predicted octanol–water partition coefficient (Wildman–Crippen LogP) is 1.15. The fraction of sp³-hybridized carbons (Fsp3) is 0.0833. The maximum Gasteiger partial charge on any atom is 0.262 e. The molecule has 0 atom stereocenters. The van der Waals surface area contributed by atoms with E-state index in [0.29, 0.717) is 6.54 Å². The Labute approximate surface area is 117 Å². The van der Waals surface area contributed by atoms with E-state index in [-0.39, 0.29) is 17.0 Å². The van der Waals surface area contributed by atoms with Crippen molar-refractivity contribution in [2.45, 2.75) is 6.54 Å². The molecule has 98 valence electrons. The molecule has 0 amide bonds. The average molecular weight is 323 g/mol. The number of hydrogen-bond donors (Lipinski definition) is 2. The van der Waals surface area contributed by atoms with Gasteiger partial charge in [0.25, 0.3) is 5.56 Å². The minimum atomic E-state index is -0.331. The van der Waals surface area contributed by atoms with E-state index in [1.165, 1.54) is 10.6 Å². The van der Waals surface area contributed by atoms with Gasteiger partial charge in [-0.2, -0.15) is 0 Å². The molecule has 0 aliphatic rings. The molecule has 2 aromatic heterocycles. The highest BCUT2D eigenvalue weighted by molar-refractivity contribution is 9.10. The molecule has 7 heteroatoms. The lowest BCUT2D eigenvalue weighted by molar-refractivity contribution is 0.318. The Bertz CT molecular complexity index is 664. The number of aromatic nitrogens is 2. The third-order valence-electron chi connectivity index (χ3n) is 2.52. The van der Waals surface area contributed by atoms with Crippen LogP contribution >= 0.6 is 15.9 Å². The van der Waals surface area contributed by atoms with E-state index in [0.717, 1.165) is 10.2 Å². The Balaban J connectivity index is 2.36. The fourth-order valence-corrected chi connectivity index (χ4v) is 1.82. The molecule has 2 heterocycles. The Morgan fingerprint density at radius 1 is 1.47 bits per heavy atom. The quantitative estimate of drug-likeness (QED) is 0.383. The van der Waals surface area contributed by atoms with Crippen molar-refractivity contribution in [1.82, 2.24) is 9.55 Å². The number of pyridine rings is 2. The fourth-order valence-electron chi connectivity index (χ4n) is 1.58. The molecule has 0 saturated heterocycles. The van der Waals surface area contributed by atoms with Crippen molar-refractivity contribution >= 4 is 21.8 Å². The summed E-state index contributed by atoms with van der Waals surface area (Å²) in [6.45, 7) is 0.318. The number of rotatable bonds is 3. The Kier molecular flexibility index (Phi) is 3.96. The van der Waals surface area contributed by atoms with E-state index in [1.54, 1.807) is 18.5 Å². The van der Waals surface area contributed by atoms with E-state index in [4.69, 9.17) is 10.9 Å². The summed E-state index contributed by atoms with van der Waals surface area (Å²) in [5, 5.41) is 11.5. The first-order chi connectivity index (χ1) is 9.11. The lowest BCUT2D eigenvalue weighted by atomic mass is 10.2. The molecule has 2 rings (SSSR count). The number of hydrogen-bond acceptors (Lipinski definition) is 4. The summed E-state index contributed by atoms with van der Waals surface area (Å²) in [7, 11) is 0. The van der Waals surface area contributed by atoms with Crippen LogP contribution in [-0.4, -0.2) is 20.6 Å². The van der Waals surface area contributed by atoms with Crippen molar-refractivity contribution in [3.63, 3.8) is 0 Å². The zero-order valence-corrected chi connectivity index (χ0v) is 11.4. The zero-order valence-electron chi connectivity index (χ0n) is 9.82. The van der Waals surface area contributed by atoms with Gasteiger partial charge >= 0.3 is 0 Å². The van der Waals surface area contributed by atoms with Crippen molar-refractivity contribution in [3.8, 4) is 0 Å². The van der Waals surface area contributed by atoms with Gasteiger partial charge in [-0.05, 0) is 40.2 Å². The molecule has 19 heavy (non-hydrogen) atoms. The van der Waals surface area contributed by atoms with Crippen molar-refractivity contribution < 1.29 is 5.21 Å². The molecule has 0 aromatic carbocycles. The first-order valence-electron chi connectivity index (χ1n) is 5.39. The molecule has 0 aliphatic heterocycles. The summed E-state index contributed by atoms with van der Waals surface area (Å²) in [6.07, 6.45) is 3.29. The minimum Gasteiger partial charge on any atom is -0.409 e. The number of nitrogens with two attached hydrogens (primary N) is 1. The summed E-state index contributed by atoms with van der Waals surface area (Å²) in [5.41, 5.74) is 6.00. The first-order valence-corrected chi connectivity index (χ1v) is 6.19. The first kappa shape index (κ1) is 13.3. The molecule has 0 radical (unpaired) electrons. The highest BCUT2D eigenvalue weighted by Crippen LogP contribution is 2.08. The van der Waals surface area contributed by atoms with E-state index in [9.17, 15) is 4.79 Å². The smallest absolute Gasteiger partial charge is 0.262 e. The van der Waals surface area contributed by atoms with Gasteiger partial charge in [-0.25, -0.2) is 0 Å². The Hall–Kier alpha value is -2.15. The summed E-state index contributed by atoms with van der Waals surface area (Å²) in [5.74, 6) is -0.205. The number of nitrogens with zero attached hydrogens (tertiary/aromatic N) is 3. The van der Waals surface area contributed by atoms with Crippen molar-refractivity contribution in [2.24, 2.45) is 10.9 Å². The van der Waals surface area contributed by atoms with Crippen LogP contribution in [0.5, 0.6) is 0 Å². The summed E-state index contributed by atoms with van der Waals surface area (Å²) >= 11 is 3.29. The topological polar surface area (TPSA) is 93.5 Å². The van der Waals surface area contributed by atoms with E-state index in [1.807, 2.05) is 12.1 Å². The molecular formula is C12H11BrN4O2. The predicted molar refractivity (Wildman–Crippen MR) is 74.3 cm³/mol. The van der Waals surface area contributed by atoms with Gasteiger partial charge in [-0.15, -0.1) is 0 Å². The molecule has 0 saturated carbocycles. The lowest BCUT2D eigenvalue weighted by Gasteiger charge is -2.07. The van der Waals surface area contributed by atoms with Crippen LogP contribution in [0.1, 0.15) is 11.3 Å². The van der Waals surface area contributed by atoms with Crippen LogP contribution in [0.25, 0.3) is 0 Å². The number of amidine groups is 1. The molecule has 6 nitrogen and oxygen atoms in total. The molecular weight excluding hydrogens is 312 g/mol. The molecule has 3 N–H and O–H groups in total. The van der Waals surface area contributed by atoms with Crippen LogP contribution in [0.4, 0.5) is 0 Å². The van der Waals surface area contributed by atoms with Crippen LogP contribution in [0.3, 0.4) is 0 Å². The highest BCUT2D eigenvalue weighted by Gasteiger charge is 2.08. The van der Waals surface area contributed by atoms with Gasteiger partial charge in [0.05, 0.1) is 17.8 Å². The normalized spacial score (nSPS) is 11.5. The zero-order chi connectivity index (χ0) is 13.8. The number of halogens is 1. The summed E-state index contributed by atoms with van der Waals surface area (Å²) in [6, 6.07) is 6.82.